The van der Waals surface area contributed by atoms with Crippen LogP contribution in [-0.2, 0) is 14.3 Å². The number of likely N-dealkylation sites (tertiary alicyclic amines) is 1. The third kappa shape index (κ3) is 4.44. The molecule has 2 rings (SSSR count). The maximum absolute atomic E-state index is 12.0. The lowest BCUT2D eigenvalue weighted by Gasteiger charge is -2.21. The van der Waals surface area contributed by atoms with Crippen molar-refractivity contribution >= 4 is 29.2 Å². The molecule has 1 amide bonds. The summed E-state index contributed by atoms with van der Waals surface area (Å²) in [5.41, 5.74) is 0.910. The van der Waals surface area contributed by atoms with Crippen LogP contribution < -0.4 is 5.32 Å². The number of nitriles is 1. The van der Waals surface area contributed by atoms with Gasteiger partial charge in [0.05, 0.1) is 17.7 Å². The first-order valence-electron chi connectivity index (χ1n) is 7.36. The van der Waals surface area contributed by atoms with Crippen LogP contribution in [-0.4, -0.2) is 43.0 Å². The highest BCUT2D eigenvalue weighted by Gasteiger charge is 2.31. The van der Waals surface area contributed by atoms with E-state index in [0.29, 0.717) is 22.8 Å². The van der Waals surface area contributed by atoms with Crippen LogP contribution in [0, 0.1) is 11.3 Å². The van der Waals surface area contributed by atoms with Gasteiger partial charge in [-0.1, -0.05) is 11.6 Å². The first-order valence-corrected chi connectivity index (χ1v) is 7.74. The number of hydrogen-bond donors (Lipinski definition) is 1. The van der Waals surface area contributed by atoms with Crippen molar-refractivity contribution in [3.8, 4) is 6.07 Å². The van der Waals surface area contributed by atoms with E-state index in [0.717, 1.165) is 19.4 Å². The van der Waals surface area contributed by atoms with Crippen LogP contribution in [0.4, 0.5) is 5.69 Å². The zero-order valence-corrected chi connectivity index (χ0v) is 13.6. The number of carbonyl (C=O) groups excluding carboxylic acids is 2. The zero-order chi connectivity index (χ0) is 16.8. The van der Waals surface area contributed by atoms with Crippen molar-refractivity contribution in [2.45, 2.75) is 25.3 Å². The summed E-state index contributed by atoms with van der Waals surface area (Å²) in [4.78, 5) is 25.6. The van der Waals surface area contributed by atoms with E-state index in [1.165, 1.54) is 7.11 Å². The molecule has 0 radical (unpaired) electrons. The predicted molar refractivity (Wildman–Crippen MR) is 86.0 cm³/mol. The SMILES string of the molecule is COC(=O)C1CCCN1CCC(=O)Nc1ccc(C#N)c(Cl)c1. The molecule has 23 heavy (non-hydrogen) atoms. The molecule has 1 fully saturated rings. The number of nitrogens with zero attached hydrogens (tertiary/aromatic N) is 2. The van der Waals surface area contributed by atoms with Gasteiger partial charge in [-0.15, -0.1) is 0 Å². The molecule has 0 aliphatic carbocycles. The van der Waals surface area contributed by atoms with E-state index in [9.17, 15) is 9.59 Å². The Bertz CT molecular complexity index is 642. The van der Waals surface area contributed by atoms with Crippen molar-refractivity contribution in [1.82, 2.24) is 4.90 Å². The Labute approximate surface area is 140 Å². The maximum atomic E-state index is 12.0. The van der Waals surface area contributed by atoms with Gasteiger partial charge in [-0.05, 0) is 37.6 Å². The molecule has 1 aliphatic rings. The summed E-state index contributed by atoms with van der Waals surface area (Å²) in [6.45, 7) is 1.28. The molecule has 6 nitrogen and oxygen atoms in total. The zero-order valence-electron chi connectivity index (χ0n) is 12.8. The van der Waals surface area contributed by atoms with Crippen LogP contribution in [0.5, 0.6) is 0 Å². The minimum Gasteiger partial charge on any atom is -0.468 e. The normalized spacial score (nSPS) is 17.5. The number of methoxy groups -OCH3 is 1. The fourth-order valence-corrected chi connectivity index (χ4v) is 2.87. The second-order valence-electron chi connectivity index (χ2n) is 5.32. The molecule has 1 aromatic rings. The number of amides is 1. The number of anilines is 1. The highest BCUT2D eigenvalue weighted by molar-refractivity contribution is 6.32. The van der Waals surface area contributed by atoms with Crippen molar-refractivity contribution in [2.75, 3.05) is 25.5 Å². The fraction of sp³-hybridized carbons (Fsp3) is 0.438. The van der Waals surface area contributed by atoms with Gasteiger partial charge in [0.25, 0.3) is 0 Å². The molecule has 7 heteroatoms. The van der Waals surface area contributed by atoms with Crippen molar-refractivity contribution in [2.24, 2.45) is 0 Å². The number of hydrogen-bond acceptors (Lipinski definition) is 5. The second kappa shape index (κ2) is 7.95. The summed E-state index contributed by atoms with van der Waals surface area (Å²) in [6, 6.07) is 6.45. The Kier molecular flexibility index (Phi) is 5.97. The summed E-state index contributed by atoms with van der Waals surface area (Å²) in [5.74, 6) is -0.414. The van der Waals surface area contributed by atoms with Gasteiger partial charge in [-0.25, -0.2) is 0 Å². The van der Waals surface area contributed by atoms with Crippen molar-refractivity contribution in [3.05, 3.63) is 28.8 Å². The molecule has 1 heterocycles. The average molecular weight is 336 g/mol. The number of benzene rings is 1. The largest absolute Gasteiger partial charge is 0.468 e. The van der Waals surface area contributed by atoms with Crippen molar-refractivity contribution in [3.63, 3.8) is 0 Å². The average Bonchev–Trinajstić information content (AvgIpc) is 3.01. The van der Waals surface area contributed by atoms with E-state index >= 15 is 0 Å². The van der Waals surface area contributed by atoms with Crippen LogP contribution in [0.3, 0.4) is 0 Å². The van der Waals surface area contributed by atoms with Gasteiger partial charge in [0.15, 0.2) is 0 Å². The Morgan fingerprint density at radius 2 is 2.30 bits per heavy atom. The standard InChI is InChI=1S/C16H18ClN3O3/c1-23-16(22)14-3-2-7-20(14)8-6-15(21)19-12-5-4-11(10-18)13(17)9-12/h4-5,9,14H,2-3,6-8H2,1H3,(H,19,21). The first kappa shape index (κ1) is 17.3. The molecule has 1 saturated heterocycles. The predicted octanol–water partition coefficient (Wildman–Crippen LogP) is 2.18. The number of rotatable bonds is 5. The van der Waals surface area contributed by atoms with Crippen LogP contribution in [0.15, 0.2) is 18.2 Å². The summed E-state index contributed by atoms with van der Waals surface area (Å²) in [6.07, 6.45) is 1.96. The first-order chi connectivity index (χ1) is 11.0. The summed E-state index contributed by atoms with van der Waals surface area (Å²) < 4.78 is 4.78. The fourth-order valence-electron chi connectivity index (χ4n) is 2.65. The highest BCUT2D eigenvalue weighted by atomic mass is 35.5. The number of ether oxygens (including phenoxy) is 1. The highest BCUT2D eigenvalue weighted by Crippen LogP contribution is 2.21. The lowest BCUT2D eigenvalue weighted by molar-refractivity contribution is -0.146. The lowest BCUT2D eigenvalue weighted by Crippen LogP contribution is -2.38. The molecule has 1 aromatic carbocycles. The number of halogens is 1. The molecule has 0 aromatic heterocycles. The summed E-state index contributed by atoms with van der Waals surface area (Å²) in [5, 5.41) is 11.9. The van der Waals surface area contributed by atoms with E-state index < -0.39 is 0 Å². The quantitative estimate of drug-likeness (QED) is 0.834. The third-order valence-electron chi connectivity index (χ3n) is 3.84. The Balaban J connectivity index is 1.87. The molecule has 1 unspecified atom stereocenters. The van der Waals surface area contributed by atoms with Gasteiger partial charge in [0, 0.05) is 18.7 Å². The summed E-state index contributed by atoms with van der Waals surface area (Å²) >= 11 is 5.93. The molecule has 1 N–H and O–H groups in total. The Morgan fingerprint density at radius 1 is 1.52 bits per heavy atom. The molecule has 0 spiro atoms. The van der Waals surface area contributed by atoms with Gasteiger partial charge in [-0.3, -0.25) is 14.5 Å². The molecule has 122 valence electrons. The van der Waals surface area contributed by atoms with E-state index in [-0.39, 0.29) is 24.3 Å². The van der Waals surface area contributed by atoms with Gasteiger partial charge >= 0.3 is 5.97 Å². The van der Waals surface area contributed by atoms with Crippen LogP contribution in [0.25, 0.3) is 0 Å². The Hall–Kier alpha value is -2.10. The number of esters is 1. The van der Waals surface area contributed by atoms with Crippen molar-refractivity contribution < 1.29 is 14.3 Å². The van der Waals surface area contributed by atoms with E-state index in [1.807, 2.05) is 11.0 Å². The minimum absolute atomic E-state index is 0.165. The monoisotopic (exact) mass is 335 g/mol. The van der Waals surface area contributed by atoms with Gasteiger partial charge < -0.3 is 10.1 Å². The van der Waals surface area contributed by atoms with E-state index in [1.54, 1.807) is 18.2 Å². The van der Waals surface area contributed by atoms with Gasteiger partial charge in [0.2, 0.25) is 5.91 Å². The third-order valence-corrected chi connectivity index (χ3v) is 4.15. The maximum Gasteiger partial charge on any atom is 0.323 e. The lowest BCUT2D eigenvalue weighted by atomic mass is 10.2. The minimum atomic E-state index is -0.253. The van der Waals surface area contributed by atoms with Crippen LogP contribution in [0.2, 0.25) is 5.02 Å². The molecule has 0 saturated carbocycles. The molecule has 1 aliphatic heterocycles. The smallest absolute Gasteiger partial charge is 0.323 e. The second-order valence-corrected chi connectivity index (χ2v) is 5.73. The van der Waals surface area contributed by atoms with Crippen LogP contribution >= 0.6 is 11.6 Å². The molecular formula is C16H18ClN3O3. The summed E-state index contributed by atoms with van der Waals surface area (Å²) in [7, 11) is 1.38. The molecular weight excluding hydrogens is 318 g/mol. The van der Waals surface area contributed by atoms with Crippen molar-refractivity contribution in [1.29, 1.82) is 5.26 Å². The number of nitrogens with one attached hydrogen (secondary N) is 1. The van der Waals surface area contributed by atoms with Gasteiger partial charge in [0.1, 0.15) is 12.1 Å². The van der Waals surface area contributed by atoms with E-state index in [4.69, 9.17) is 21.6 Å². The topological polar surface area (TPSA) is 82.4 Å². The Morgan fingerprint density at radius 3 is 2.96 bits per heavy atom. The number of carbonyl (C=O) groups is 2. The van der Waals surface area contributed by atoms with Crippen LogP contribution in [0.1, 0.15) is 24.8 Å². The molecule has 0 bridgehead atoms. The molecule has 1 atom stereocenters. The van der Waals surface area contributed by atoms with Gasteiger partial charge in [-0.2, -0.15) is 5.26 Å². The van der Waals surface area contributed by atoms with E-state index in [2.05, 4.69) is 5.32 Å².